The summed E-state index contributed by atoms with van der Waals surface area (Å²) in [5.74, 6) is 1.10. The highest BCUT2D eigenvalue weighted by atomic mass is 32.2. The Balaban J connectivity index is 2.58. The molecule has 0 spiro atoms. The van der Waals surface area contributed by atoms with Crippen LogP contribution in [-0.2, 0) is 5.75 Å². The molecule has 1 nitrogen and oxygen atoms in total. The summed E-state index contributed by atoms with van der Waals surface area (Å²) in [6.07, 6.45) is 2.12. The van der Waals surface area contributed by atoms with Crippen LogP contribution in [0.15, 0.2) is 24.3 Å². The molecular weight excluding hydrogens is 166 g/mol. The summed E-state index contributed by atoms with van der Waals surface area (Å²) in [6, 6.07) is 8.62. The van der Waals surface area contributed by atoms with E-state index in [0.717, 1.165) is 12.3 Å². The standard InChI is InChI=1S/C10H15NS/c1-3-11-10-6-4-9(5-7-10)8-12-2/h4-7,11H,3,8H2,1-2H3. The Labute approximate surface area is 78.6 Å². The quantitative estimate of drug-likeness (QED) is 0.766. The van der Waals surface area contributed by atoms with Crippen molar-refractivity contribution in [1.29, 1.82) is 0 Å². The summed E-state index contributed by atoms with van der Waals surface area (Å²) in [5, 5.41) is 3.27. The van der Waals surface area contributed by atoms with Gasteiger partial charge in [-0.15, -0.1) is 0 Å². The Hall–Kier alpha value is -0.630. The van der Waals surface area contributed by atoms with Gasteiger partial charge in [-0.1, -0.05) is 12.1 Å². The molecular formula is C10H15NS. The summed E-state index contributed by atoms with van der Waals surface area (Å²) < 4.78 is 0. The van der Waals surface area contributed by atoms with E-state index < -0.39 is 0 Å². The molecule has 0 saturated heterocycles. The lowest BCUT2D eigenvalue weighted by Crippen LogP contribution is -1.95. The third-order valence-corrected chi connectivity index (χ3v) is 2.27. The van der Waals surface area contributed by atoms with E-state index in [4.69, 9.17) is 0 Å². The zero-order valence-electron chi connectivity index (χ0n) is 7.63. The minimum atomic E-state index is 0.988. The molecule has 0 aliphatic rings. The van der Waals surface area contributed by atoms with Gasteiger partial charge in [0.25, 0.3) is 0 Å². The second-order valence-electron chi connectivity index (χ2n) is 2.66. The molecule has 0 unspecified atom stereocenters. The molecule has 0 fully saturated rings. The molecule has 0 heterocycles. The summed E-state index contributed by atoms with van der Waals surface area (Å²) in [6.45, 7) is 3.09. The fourth-order valence-corrected chi connectivity index (χ4v) is 1.62. The highest BCUT2D eigenvalue weighted by Gasteiger charge is 1.91. The molecule has 0 aromatic heterocycles. The van der Waals surface area contributed by atoms with Crippen LogP contribution in [0.3, 0.4) is 0 Å². The summed E-state index contributed by atoms with van der Waals surface area (Å²) in [4.78, 5) is 0. The van der Waals surface area contributed by atoms with E-state index in [-0.39, 0.29) is 0 Å². The maximum atomic E-state index is 3.27. The topological polar surface area (TPSA) is 12.0 Å². The third-order valence-electron chi connectivity index (χ3n) is 1.65. The van der Waals surface area contributed by atoms with Crippen molar-refractivity contribution in [3.05, 3.63) is 29.8 Å². The van der Waals surface area contributed by atoms with Gasteiger partial charge in [-0.3, -0.25) is 0 Å². The number of rotatable bonds is 4. The average Bonchev–Trinajstić information content (AvgIpc) is 2.09. The van der Waals surface area contributed by atoms with Crippen LogP contribution in [0.2, 0.25) is 0 Å². The zero-order chi connectivity index (χ0) is 8.81. The van der Waals surface area contributed by atoms with E-state index in [9.17, 15) is 0 Å². The van der Waals surface area contributed by atoms with Crippen molar-refractivity contribution in [3.8, 4) is 0 Å². The lowest BCUT2D eigenvalue weighted by atomic mass is 10.2. The van der Waals surface area contributed by atoms with Crippen molar-refractivity contribution in [3.63, 3.8) is 0 Å². The highest BCUT2D eigenvalue weighted by molar-refractivity contribution is 7.97. The lowest BCUT2D eigenvalue weighted by Gasteiger charge is -2.03. The molecule has 12 heavy (non-hydrogen) atoms. The normalized spacial score (nSPS) is 9.83. The molecule has 0 saturated carbocycles. The van der Waals surface area contributed by atoms with Gasteiger partial charge in [0.2, 0.25) is 0 Å². The first-order chi connectivity index (χ1) is 5.86. The first-order valence-corrected chi connectivity index (χ1v) is 5.58. The first-order valence-electron chi connectivity index (χ1n) is 4.18. The molecule has 0 amide bonds. The average molecular weight is 181 g/mol. The summed E-state index contributed by atoms with van der Waals surface area (Å²) >= 11 is 1.85. The first kappa shape index (κ1) is 9.46. The van der Waals surface area contributed by atoms with Gasteiger partial charge >= 0.3 is 0 Å². The molecule has 1 N–H and O–H groups in total. The number of nitrogens with one attached hydrogen (secondary N) is 1. The summed E-state index contributed by atoms with van der Waals surface area (Å²) in [7, 11) is 0. The molecule has 1 aromatic rings. The van der Waals surface area contributed by atoms with Crippen LogP contribution >= 0.6 is 11.8 Å². The number of thioether (sulfide) groups is 1. The predicted octanol–water partition coefficient (Wildman–Crippen LogP) is 2.98. The molecule has 0 aliphatic heterocycles. The number of benzene rings is 1. The fourth-order valence-electron chi connectivity index (χ4n) is 1.09. The SMILES string of the molecule is CCNc1ccc(CSC)cc1. The number of hydrogen-bond donors (Lipinski definition) is 1. The lowest BCUT2D eigenvalue weighted by molar-refractivity contribution is 1.21. The van der Waals surface area contributed by atoms with Gasteiger partial charge in [-0.05, 0) is 30.9 Å². The minimum absolute atomic E-state index is 0.988. The molecule has 66 valence electrons. The Morgan fingerprint density at radius 1 is 1.25 bits per heavy atom. The van der Waals surface area contributed by atoms with Crippen LogP contribution in [0.4, 0.5) is 5.69 Å². The number of hydrogen-bond acceptors (Lipinski definition) is 2. The Kier molecular flexibility index (Phi) is 4.01. The maximum absolute atomic E-state index is 3.27. The van der Waals surface area contributed by atoms with Crippen molar-refractivity contribution in [2.75, 3.05) is 18.1 Å². The third kappa shape index (κ3) is 2.78. The van der Waals surface area contributed by atoms with Crippen LogP contribution in [-0.4, -0.2) is 12.8 Å². The fraction of sp³-hybridized carbons (Fsp3) is 0.400. The van der Waals surface area contributed by atoms with E-state index in [0.29, 0.717) is 0 Å². The Morgan fingerprint density at radius 2 is 1.92 bits per heavy atom. The molecule has 0 bridgehead atoms. The molecule has 1 rings (SSSR count). The van der Waals surface area contributed by atoms with Gasteiger partial charge < -0.3 is 5.32 Å². The van der Waals surface area contributed by atoms with Crippen molar-refractivity contribution < 1.29 is 0 Å². The van der Waals surface area contributed by atoms with Crippen LogP contribution in [0.25, 0.3) is 0 Å². The minimum Gasteiger partial charge on any atom is -0.385 e. The number of anilines is 1. The predicted molar refractivity (Wildman–Crippen MR) is 57.8 cm³/mol. The summed E-state index contributed by atoms with van der Waals surface area (Å²) in [5.41, 5.74) is 2.60. The van der Waals surface area contributed by atoms with Gasteiger partial charge in [0.15, 0.2) is 0 Å². The Morgan fingerprint density at radius 3 is 2.42 bits per heavy atom. The maximum Gasteiger partial charge on any atom is 0.0340 e. The van der Waals surface area contributed by atoms with E-state index in [2.05, 4.69) is 42.8 Å². The van der Waals surface area contributed by atoms with Crippen molar-refractivity contribution in [1.82, 2.24) is 0 Å². The van der Waals surface area contributed by atoms with Crippen LogP contribution in [0.5, 0.6) is 0 Å². The monoisotopic (exact) mass is 181 g/mol. The van der Waals surface area contributed by atoms with Crippen LogP contribution in [0, 0.1) is 0 Å². The van der Waals surface area contributed by atoms with Gasteiger partial charge in [0.1, 0.15) is 0 Å². The molecule has 0 atom stereocenters. The largest absolute Gasteiger partial charge is 0.385 e. The molecule has 2 heteroatoms. The molecule has 1 aromatic carbocycles. The van der Waals surface area contributed by atoms with Crippen molar-refractivity contribution in [2.45, 2.75) is 12.7 Å². The Bertz CT molecular complexity index is 193. The van der Waals surface area contributed by atoms with Gasteiger partial charge in [0, 0.05) is 18.0 Å². The van der Waals surface area contributed by atoms with E-state index in [1.807, 2.05) is 11.8 Å². The second-order valence-corrected chi connectivity index (χ2v) is 3.53. The van der Waals surface area contributed by atoms with Crippen molar-refractivity contribution >= 4 is 17.4 Å². The zero-order valence-corrected chi connectivity index (χ0v) is 8.45. The van der Waals surface area contributed by atoms with Gasteiger partial charge in [-0.2, -0.15) is 11.8 Å². The van der Waals surface area contributed by atoms with Crippen molar-refractivity contribution in [2.24, 2.45) is 0 Å². The molecule has 0 radical (unpaired) electrons. The van der Waals surface area contributed by atoms with Crippen LogP contribution in [0.1, 0.15) is 12.5 Å². The van der Waals surface area contributed by atoms with Crippen LogP contribution < -0.4 is 5.32 Å². The van der Waals surface area contributed by atoms with E-state index in [1.165, 1.54) is 11.3 Å². The molecule has 0 aliphatic carbocycles. The van der Waals surface area contributed by atoms with Gasteiger partial charge in [-0.25, -0.2) is 0 Å². The van der Waals surface area contributed by atoms with Gasteiger partial charge in [0.05, 0.1) is 0 Å². The van der Waals surface area contributed by atoms with E-state index in [1.54, 1.807) is 0 Å². The second kappa shape index (κ2) is 5.09. The van der Waals surface area contributed by atoms with E-state index >= 15 is 0 Å². The smallest absolute Gasteiger partial charge is 0.0340 e. The highest BCUT2D eigenvalue weighted by Crippen LogP contribution is 2.13.